The lowest BCUT2D eigenvalue weighted by Crippen LogP contribution is -2.57. The summed E-state index contributed by atoms with van der Waals surface area (Å²) in [4.78, 5) is 28.3. The van der Waals surface area contributed by atoms with Gasteiger partial charge in [0.05, 0.1) is 23.9 Å². The van der Waals surface area contributed by atoms with Gasteiger partial charge in [-0.05, 0) is 37.8 Å². The van der Waals surface area contributed by atoms with E-state index in [4.69, 9.17) is 21.6 Å². The Bertz CT molecular complexity index is 1170. The van der Waals surface area contributed by atoms with Crippen molar-refractivity contribution in [2.24, 2.45) is 11.8 Å². The largest absolute Gasteiger partial charge is 0.491 e. The molecule has 3 saturated heterocycles. The van der Waals surface area contributed by atoms with Crippen LogP contribution in [0.3, 0.4) is 0 Å². The number of carbonyl (C=O) groups excluding carboxylic acids is 2. The number of nitrogens with zero attached hydrogens (tertiary/aromatic N) is 4. The Labute approximate surface area is 209 Å². The zero-order valence-corrected chi connectivity index (χ0v) is 20.8. The molecule has 188 valence electrons. The van der Waals surface area contributed by atoms with Crippen molar-refractivity contribution in [3.63, 3.8) is 0 Å². The predicted octanol–water partition coefficient (Wildman–Crippen LogP) is 1.29. The van der Waals surface area contributed by atoms with E-state index >= 15 is 0 Å². The molecule has 10 nitrogen and oxygen atoms in total. The number of nitrogens with one attached hydrogen (secondary N) is 1. The average Bonchev–Trinajstić information content (AvgIpc) is 3.46. The smallest absolute Gasteiger partial charge is 0.282 e. The lowest BCUT2D eigenvalue weighted by Gasteiger charge is -2.41. The van der Waals surface area contributed by atoms with Gasteiger partial charge in [-0.15, -0.1) is 0 Å². The third-order valence-electron chi connectivity index (χ3n) is 7.34. The molecule has 0 aromatic heterocycles. The number of hydrogen-bond donors (Lipinski definition) is 1. The normalized spacial score (nSPS) is 27.5. The summed E-state index contributed by atoms with van der Waals surface area (Å²) < 4.78 is 34.2. The molecule has 1 N–H and O–H groups in total. The quantitative estimate of drug-likeness (QED) is 0.623. The van der Waals surface area contributed by atoms with Crippen LogP contribution in [0.5, 0.6) is 5.75 Å². The summed E-state index contributed by atoms with van der Waals surface area (Å²) in [6.45, 7) is 1.59. The molecule has 0 radical (unpaired) electrons. The number of nitriles is 1. The highest BCUT2D eigenvalue weighted by Crippen LogP contribution is 2.38. The van der Waals surface area contributed by atoms with Crippen LogP contribution in [-0.2, 0) is 19.8 Å². The molecule has 4 heterocycles. The van der Waals surface area contributed by atoms with E-state index in [1.807, 2.05) is 6.07 Å². The Kier molecular flexibility index (Phi) is 6.65. The molecule has 5 rings (SSSR count). The van der Waals surface area contributed by atoms with Crippen molar-refractivity contribution < 1.29 is 22.7 Å². The van der Waals surface area contributed by atoms with Gasteiger partial charge in [-0.3, -0.25) is 9.59 Å². The predicted molar refractivity (Wildman–Crippen MR) is 126 cm³/mol. The van der Waals surface area contributed by atoms with E-state index in [0.717, 1.165) is 5.56 Å². The number of hydrogen-bond acceptors (Lipinski definition) is 6. The number of carbonyl (C=O) groups is 2. The highest BCUT2D eigenvalue weighted by atomic mass is 35.5. The fourth-order valence-corrected chi connectivity index (χ4v) is 7.47. The van der Waals surface area contributed by atoms with Crippen molar-refractivity contribution in [3.8, 4) is 11.8 Å². The molecule has 35 heavy (non-hydrogen) atoms. The first-order valence-corrected chi connectivity index (χ1v) is 13.7. The Balaban J connectivity index is 1.23. The topological polar surface area (TPSA) is 123 Å². The Morgan fingerprint density at radius 1 is 1.11 bits per heavy atom. The Hall–Kier alpha value is -2.39. The lowest BCUT2D eigenvalue weighted by molar-refractivity contribution is -0.142. The zero-order chi connectivity index (χ0) is 24.7. The van der Waals surface area contributed by atoms with Gasteiger partial charge in [0.2, 0.25) is 11.8 Å². The van der Waals surface area contributed by atoms with Crippen molar-refractivity contribution in [2.45, 2.75) is 37.8 Å². The van der Waals surface area contributed by atoms with Crippen LogP contribution < -0.4 is 10.1 Å². The van der Waals surface area contributed by atoms with Crippen molar-refractivity contribution in [3.05, 3.63) is 28.8 Å². The van der Waals surface area contributed by atoms with Crippen LogP contribution in [0.25, 0.3) is 0 Å². The molecular formula is C23H28ClN5O5S. The number of amides is 2. The van der Waals surface area contributed by atoms with Crippen molar-refractivity contribution in [1.82, 2.24) is 18.8 Å². The SMILES string of the molecule is N#CC1CN(S(=O)(=O)N2CCC[C@H](C(=O)N3CCC[C@@H]3C(=O)N[C@@H]3COc4cccc(Cl)c43)C2)C1. The zero-order valence-electron chi connectivity index (χ0n) is 19.2. The van der Waals surface area contributed by atoms with Crippen LogP contribution in [0.1, 0.15) is 37.3 Å². The molecule has 0 unspecified atom stereocenters. The summed E-state index contributed by atoms with van der Waals surface area (Å²) in [5.41, 5.74) is 0.746. The number of ether oxygens (including phenoxy) is 1. The summed E-state index contributed by atoms with van der Waals surface area (Å²) >= 11 is 6.32. The molecule has 0 bridgehead atoms. The summed E-state index contributed by atoms with van der Waals surface area (Å²) in [5, 5.41) is 12.5. The fraction of sp³-hybridized carbons (Fsp3) is 0.609. The van der Waals surface area contributed by atoms with E-state index in [0.29, 0.717) is 49.5 Å². The minimum Gasteiger partial charge on any atom is -0.491 e. The third kappa shape index (κ3) is 4.48. The summed E-state index contributed by atoms with van der Waals surface area (Å²) in [5.74, 6) is -0.551. The van der Waals surface area contributed by atoms with Crippen LogP contribution in [-0.4, -0.2) is 79.1 Å². The lowest BCUT2D eigenvalue weighted by atomic mass is 9.97. The second kappa shape index (κ2) is 9.58. The Morgan fingerprint density at radius 2 is 1.89 bits per heavy atom. The van der Waals surface area contributed by atoms with Gasteiger partial charge < -0.3 is 15.0 Å². The van der Waals surface area contributed by atoms with E-state index in [1.54, 1.807) is 17.0 Å². The van der Waals surface area contributed by atoms with Crippen LogP contribution in [0.4, 0.5) is 0 Å². The van der Waals surface area contributed by atoms with Crippen LogP contribution in [0.2, 0.25) is 5.02 Å². The van der Waals surface area contributed by atoms with Gasteiger partial charge in [0.15, 0.2) is 0 Å². The van der Waals surface area contributed by atoms with Gasteiger partial charge in [-0.25, -0.2) is 0 Å². The number of benzene rings is 1. The summed E-state index contributed by atoms with van der Waals surface area (Å²) in [6.07, 6.45) is 2.42. The summed E-state index contributed by atoms with van der Waals surface area (Å²) in [6, 6.07) is 6.45. The van der Waals surface area contributed by atoms with Gasteiger partial charge in [-0.1, -0.05) is 17.7 Å². The molecule has 0 aliphatic carbocycles. The maximum absolute atomic E-state index is 13.5. The first kappa shape index (κ1) is 24.3. The molecular weight excluding hydrogens is 494 g/mol. The first-order chi connectivity index (χ1) is 16.8. The highest BCUT2D eigenvalue weighted by Gasteiger charge is 2.44. The number of rotatable bonds is 5. The van der Waals surface area contributed by atoms with Crippen LogP contribution in [0.15, 0.2) is 18.2 Å². The minimum atomic E-state index is -3.70. The molecule has 0 spiro atoms. The Morgan fingerprint density at radius 3 is 2.66 bits per heavy atom. The number of piperidine rings is 1. The molecule has 3 atom stereocenters. The van der Waals surface area contributed by atoms with E-state index in [9.17, 15) is 18.0 Å². The van der Waals surface area contributed by atoms with E-state index in [2.05, 4.69) is 11.4 Å². The monoisotopic (exact) mass is 521 g/mol. The van der Waals surface area contributed by atoms with Crippen molar-refractivity contribution in [2.75, 3.05) is 39.3 Å². The third-order valence-corrected chi connectivity index (χ3v) is 9.60. The standard InChI is InChI=1S/C23H28ClN5O5S/c24-17-5-1-7-20-21(17)18(14-34-20)26-22(30)19-6-3-9-29(19)23(31)16-4-2-8-27(13-16)35(32,33)28-11-15(10-25)12-28/h1,5,7,15-16,18-19H,2-4,6,8-9,11-14H2,(H,26,30)/t16-,18+,19+/m0/s1. The average molecular weight is 522 g/mol. The number of likely N-dealkylation sites (tertiary alicyclic amines) is 1. The van der Waals surface area contributed by atoms with Crippen molar-refractivity contribution >= 4 is 33.6 Å². The molecule has 3 fully saturated rings. The van der Waals surface area contributed by atoms with Crippen molar-refractivity contribution in [1.29, 1.82) is 5.26 Å². The number of fused-ring (bicyclic) bond motifs is 1. The maximum Gasteiger partial charge on any atom is 0.282 e. The van der Waals surface area contributed by atoms with Crippen LogP contribution in [0, 0.1) is 23.2 Å². The minimum absolute atomic E-state index is 0.0964. The second-order valence-corrected chi connectivity index (χ2v) is 11.9. The fourth-order valence-electron chi connectivity index (χ4n) is 5.38. The number of halogens is 1. The van der Waals surface area contributed by atoms with Gasteiger partial charge in [-0.2, -0.15) is 22.3 Å². The van der Waals surface area contributed by atoms with Gasteiger partial charge in [0.25, 0.3) is 10.2 Å². The van der Waals surface area contributed by atoms with E-state index < -0.39 is 22.2 Å². The first-order valence-electron chi connectivity index (χ1n) is 12.0. The summed E-state index contributed by atoms with van der Waals surface area (Å²) in [7, 11) is -3.70. The van der Waals surface area contributed by atoms with Gasteiger partial charge >= 0.3 is 0 Å². The molecule has 4 aliphatic heterocycles. The van der Waals surface area contributed by atoms with Gasteiger partial charge in [0, 0.05) is 43.3 Å². The highest BCUT2D eigenvalue weighted by molar-refractivity contribution is 7.86. The van der Waals surface area contributed by atoms with Crippen LogP contribution >= 0.6 is 11.6 Å². The second-order valence-electron chi connectivity index (χ2n) is 9.56. The van der Waals surface area contributed by atoms with Gasteiger partial charge in [0.1, 0.15) is 18.4 Å². The van der Waals surface area contributed by atoms with E-state index in [1.165, 1.54) is 8.61 Å². The molecule has 12 heteroatoms. The maximum atomic E-state index is 13.5. The molecule has 1 aromatic carbocycles. The van der Waals surface area contributed by atoms with E-state index in [-0.39, 0.29) is 50.0 Å². The molecule has 4 aliphatic rings. The molecule has 1 aromatic rings. The molecule has 2 amide bonds. The molecule has 0 saturated carbocycles.